The second kappa shape index (κ2) is 8.26. The number of sulfonamides is 1. The van der Waals surface area contributed by atoms with Crippen LogP contribution in [0.5, 0.6) is 0 Å². The lowest BCUT2D eigenvalue weighted by Gasteiger charge is -2.12. The standard InChI is InChI=1S/C20H13BrClNO4S/c21-18-16(22)11-6-12-17(18)28(26,27)23-20(25)15-10-5-4-9-14(15)19(24)13-7-2-1-3-8-13/h1-12H,(H,23,25). The van der Waals surface area contributed by atoms with Gasteiger partial charge in [-0.15, -0.1) is 0 Å². The summed E-state index contributed by atoms with van der Waals surface area (Å²) in [5.74, 6) is -1.29. The second-order valence-electron chi connectivity index (χ2n) is 5.73. The number of rotatable bonds is 5. The Balaban J connectivity index is 1.96. The van der Waals surface area contributed by atoms with Crippen LogP contribution in [-0.2, 0) is 10.0 Å². The first kappa shape index (κ1) is 20.3. The van der Waals surface area contributed by atoms with Crippen LogP contribution in [0.25, 0.3) is 0 Å². The van der Waals surface area contributed by atoms with Crippen molar-refractivity contribution in [1.82, 2.24) is 4.72 Å². The van der Waals surface area contributed by atoms with Gasteiger partial charge in [0.1, 0.15) is 4.90 Å². The van der Waals surface area contributed by atoms with Crippen LogP contribution in [0.1, 0.15) is 26.3 Å². The van der Waals surface area contributed by atoms with Gasteiger partial charge in [-0.05, 0) is 34.1 Å². The van der Waals surface area contributed by atoms with Gasteiger partial charge in [0.2, 0.25) is 0 Å². The van der Waals surface area contributed by atoms with Crippen molar-refractivity contribution in [3.05, 3.63) is 99.0 Å². The number of hydrogen-bond acceptors (Lipinski definition) is 4. The number of carbonyl (C=O) groups is 2. The Labute approximate surface area is 175 Å². The predicted octanol–water partition coefficient (Wildman–Crippen LogP) is 4.45. The summed E-state index contributed by atoms with van der Waals surface area (Å²) in [6.45, 7) is 0. The van der Waals surface area contributed by atoms with Crippen LogP contribution in [0.15, 0.2) is 82.2 Å². The molecule has 1 N–H and O–H groups in total. The van der Waals surface area contributed by atoms with Gasteiger partial charge in [-0.3, -0.25) is 9.59 Å². The van der Waals surface area contributed by atoms with Crippen LogP contribution in [0.3, 0.4) is 0 Å². The smallest absolute Gasteiger partial charge is 0.265 e. The number of benzene rings is 3. The third-order valence-corrected chi connectivity index (χ3v) is 6.92. The summed E-state index contributed by atoms with van der Waals surface area (Å²) >= 11 is 9.05. The van der Waals surface area contributed by atoms with Crippen molar-refractivity contribution < 1.29 is 18.0 Å². The second-order valence-corrected chi connectivity index (χ2v) is 8.58. The minimum absolute atomic E-state index is 0.0434. The van der Waals surface area contributed by atoms with Gasteiger partial charge in [0.05, 0.1) is 15.1 Å². The predicted molar refractivity (Wildman–Crippen MR) is 110 cm³/mol. The van der Waals surface area contributed by atoms with Crippen molar-refractivity contribution in [3.8, 4) is 0 Å². The zero-order valence-electron chi connectivity index (χ0n) is 14.2. The maximum atomic E-state index is 12.8. The normalized spacial score (nSPS) is 11.1. The van der Waals surface area contributed by atoms with E-state index in [0.29, 0.717) is 5.56 Å². The Morgan fingerprint density at radius 1 is 0.821 bits per heavy atom. The Morgan fingerprint density at radius 2 is 1.43 bits per heavy atom. The Kier molecular flexibility index (Phi) is 5.98. The molecule has 0 spiro atoms. The van der Waals surface area contributed by atoms with Crippen LogP contribution in [0, 0.1) is 0 Å². The molecule has 3 aromatic rings. The molecule has 1 amide bonds. The van der Waals surface area contributed by atoms with Crippen molar-refractivity contribution >= 4 is 49.2 Å². The van der Waals surface area contributed by atoms with E-state index in [-0.39, 0.29) is 31.3 Å². The quantitative estimate of drug-likeness (QED) is 0.549. The number of halogens is 2. The van der Waals surface area contributed by atoms with Gasteiger partial charge in [-0.1, -0.05) is 66.2 Å². The third kappa shape index (κ3) is 4.16. The number of hydrogen-bond donors (Lipinski definition) is 1. The van der Waals surface area contributed by atoms with Gasteiger partial charge in [-0.25, -0.2) is 13.1 Å². The van der Waals surface area contributed by atoms with E-state index in [9.17, 15) is 18.0 Å². The molecule has 0 aliphatic carbocycles. The highest BCUT2D eigenvalue weighted by Crippen LogP contribution is 2.29. The van der Waals surface area contributed by atoms with Gasteiger partial charge in [0, 0.05) is 11.1 Å². The SMILES string of the molecule is O=C(NS(=O)(=O)c1cccc(Cl)c1Br)c1ccccc1C(=O)c1ccccc1. The molecule has 0 aromatic heterocycles. The molecular formula is C20H13BrClNO4S. The highest BCUT2D eigenvalue weighted by Gasteiger charge is 2.25. The topological polar surface area (TPSA) is 80.3 Å². The molecule has 3 aromatic carbocycles. The number of nitrogens with one attached hydrogen (secondary N) is 1. The Morgan fingerprint density at radius 3 is 2.11 bits per heavy atom. The molecule has 3 rings (SSSR count). The lowest BCUT2D eigenvalue weighted by atomic mass is 9.98. The molecule has 0 atom stereocenters. The maximum Gasteiger partial charge on any atom is 0.265 e. The van der Waals surface area contributed by atoms with Crippen molar-refractivity contribution in [2.75, 3.05) is 0 Å². The number of ketones is 1. The van der Waals surface area contributed by atoms with E-state index in [2.05, 4.69) is 15.9 Å². The average molecular weight is 479 g/mol. The van der Waals surface area contributed by atoms with Gasteiger partial charge < -0.3 is 0 Å². The van der Waals surface area contributed by atoms with Crippen LogP contribution in [0.2, 0.25) is 5.02 Å². The lowest BCUT2D eigenvalue weighted by Crippen LogP contribution is -2.32. The minimum atomic E-state index is -4.21. The van der Waals surface area contributed by atoms with Crippen LogP contribution < -0.4 is 4.72 Å². The van der Waals surface area contributed by atoms with Crippen LogP contribution in [0.4, 0.5) is 0 Å². The molecule has 0 unspecified atom stereocenters. The summed E-state index contributed by atoms with van der Waals surface area (Å²) in [5.41, 5.74) is 0.452. The zero-order valence-corrected chi connectivity index (χ0v) is 17.4. The summed E-state index contributed by atoms with van der Waals surface area (Å²) in [6.07, 6.45) is 0. The number of carbonyl (C=O) groups excluding carboxylic acids is 2. The molecule has 0 saturated heterocycles. The van der Waals surface area contributed by atoms with E-state index >= 15 is 0 Å². The van der Waals surface area contributed by atoms with Crippen LogP contribution in [-0.4, -0.2) is 20.1 Å². The molecule has 142 valence electrons. The molecule has 0 heterocycles. The van der Waals surface area contributed by atoms with Gasteiger partial charge >= 0.3 is 0 Å². The first-order valence-corrected chi connectivity index (χ1v) is 10.7. The zero-order chi connectivity index (χ0) is 20.3. The van der Waals surface area contributed by atoms with Crippen molar-refractivity contribution in [1.29, 1.82) is 0 Å². The molecule has 8 heteroatoms. The summed E-state index contributed by atoms with van der Waals surface area (Å²) in [4.78, 5) is 25.3. The molecule has 5 nitrogen and oxygen atoms in total. The summed E-state index contributed by atoms with van der Waals surface area (Å²) in [6, 6.07) is 18.7. The fraction of sp³-hybridized carbons (Fsp3) is 0. The average Bonchev–Trinajstić information content (AvgIpc) is 2.69. The molecule has 28 heavy (non-hydrogen) atoms. The highest BCUT2D eigenvalue weighted by atomic mass is 79.9. The van der Waals surface area contributed by atoms with E-state index in [1.54, 1.807) is 42.5 Å². The van der Waals surface area contributed by atoms with E-state index in [1.165, 1.54) is 30.3 Å². The number of amides is 1. The molecule has 0 saturated carbocycles. The van der Waals surface area contributed by atoms with Crippen LogP contribution >= 0.6 is 27.5 Å². The van der Waals surface area contributed by atoms with E-state index in [0.717, 1.165) is 0 Å². The first-order chi connectivity index (χ1) is 13.3. The molecule has 0 radical (unpaired) electrons. The third-order valence-electron chi connectivity index (χ3n) is 3.89. The molecule has 0 fully saturated rings. The first-order valence-electron chi connectivity index (χ1n) is 8.01. The van der Waals surface area contributed by atoms with Crippen molar-refractivity contribution in [2.24, 2.45) is 0 Å². The Bertz CT molecular complexity index is 1160. The molecular weight excluding hydrogens is 466 g/mol. The minimum Gasteiger partial charge on any atom is -0.289 e. The highest BCUT2D eigenvalue weighted by molar-refractivity contribution is 9.10. The van der Waals surface area contributed by atoms with Crippen molar-refractivity contribution in [3.63, 3.8) is 0 Å². The molecule has 0 bridgehead atoms. The monoisotopic (exact) mass is 477 g/mol. The molecule has 0 aliphatic heterocycles. The molecule has 0 aliphatic rings. The van der Waals surface area contributed by atoms with Gasteiger partial charge in [-0.2, -0.15) is 0 Å². The fourth-order valence-corrected chi connectivity index (χ4v) is 4.75. The Hall–Kier alpha value is -2.48. The lowest BCUT2D eigenvalue weighted by molar-refractivity contribution is 0.0966. The summed E-state index contributed by atoms with van der Waals surface area (Å²) in [5, 5.41) is 0.190. The van der Waals surface area contributed by atoms with E-state index in [1.807, 2.05) is 4.72 Å². The van der Waals surface area contributed by atoms with Gasteiger partial charge in [0.15, 0.2) is 5.78 Å². The van der Waals surface area contributed by atoms with E-state index in [4.69, 9.17) is 11.6 Å². The fourth-order valence-electron chi connectivity index (χ4n) is 2.55. The van der Waals surface area contributed by atoms with E-state index < -0.39 is 15.9 Å². The largest absolute Gasteiger partial charge is 0.289 e. The summed E-state index contributed by atoms with van der Waals surface area (Å²) < 4.78 is 27.4. The van der Waals surface area contributed by atoms with Gasteiger partial charge in [0.25, 0.3) is 15.9 Å². The van der Waals surface area contributed by atoms with Crippen molar-refractivity contribution in [2.45, 2.75) is 4.90 Å². The summed E-state index contributed by atoms with van der Waals surface area (Å²) in [7, 11) is -4.21. The maximum absolute atomic E-state index is 12.8.